The molecule has 3 rings (SSSR count). The molecule has 0 saturated heterocycles. The predicted octanol–water partition coefficient (Wildman–Crippen LogP) is 4.99. The molecule has 2 aromatic carbocycles. The molecule has 7 nitrogen and oxygen atoms in total. The molecule has 0 aliphatic rings. The van der Waals surface area contributed by atoms with Crippen molar-refractivity contribution in [3.05, 3.63) is 70.9 Å². The summed E-state index contributed by atoms with van der Waals surface area (Å²) in [6, 6.07) is 15.7. The van der Waals surface area contributed by atoms with Crippen molar-refractivity contribution in [1.29, 1.82) is 0 Å². The summed E-state index contributed by atoms with van der Waals surface area (Å²) in [5, 5.41) is 8.88. The van der Waals surface area contributed by atoms with E-state index in [1.54, 1.807) is 42.5 Å². The van der Waals surface area contributed by atoms with Crippen LogP contribution in [-0.4, -0.2) is 37.2 Å². The standard InChI is InChI=1S/C22H21ClN2O5/c1-3-11-29-24-20(14-28-18-6-4-5-16(12-18)22(26)27-2)21-13-19(25-30-21)15-7-9-17(23)10-8-15/h4-10,12-13H,3,11,14H2,1-2H3/b24-20+. The van der Waals surface area contributed by atoms with E-state index in [2.05, 4.69) is 10.3 Å². The second kappa shape index (κ2) is 10.5. The van der Waals surface area contributed by atoms with Crippen molar-refractivity contribution in [3.8, 4) is 17.0 Å². The average molecular weight is 429 g/mol. The predicted molar refractivity (Wildman–Crippen MR) is 113 cm³/mol. The van der Waals surface area contributed by atoms with Crippen LogP contribution in [0.4, 0.5) is 0 Å². The highest BCUT2D eigenvalue weighted by molar-refractivity contribution is 6.30. The highest BCUT2D eigenvalue weighted by Gasteiger charge is 2.15. The van der Waals surface area contributed by atoms with Crippen molar-refractivity contribution in [1.82, 2.24) is 5.16 Å². The summed E-state index contributed by atoms with van der Waals surface area (Å²) in [4.78, 5) is 17.0. The molecule has 0 aliphatic carbocycles. The van der Waals surface area contributed by atoms with Crippen molar-refractivity contribution in [3.63, 3.8) is 0 Å². The maximum Gasteiger partial charge on any atom is 0.337 e. The molecular weight excluding hydrogens is 408 g/mol. The molecule has 0 bridgehead atoms. The van der Waals surface area contributed by atoms with Gasteiger partial charge in [0.15, 0.2) is 11.5 Å². The molecule has 1 aromatic heterocycles. The summed E-state index contributed by atoms with van der Waals surface area (Å²) in [6.07, 6.45) is 0.811. The Labute approximate surface area is 179 Å². The summed E-state index contributed by atoms with van der Waals surface area (Å²) in [6.45, 7) is 2.50. The molecule has 30 heavy (non-hydrogen) atoms. The van der Waals surface area contributed by atoms with Gasteiger partial charge in [-0.05, 0) is 36.8 Å². The first kappa shape index (κ1) is 21.4. The van der Waals surface area contributed by atoms with Gasteiger partial charge in [0.2, 0.25) is 0 Å². The fourth-order valence-electron chi connectivity index (χ4n) is 2.51. The summed E-state index contributed by atoms with van der Waals surface area (Å²) < 4.78 is 16.0. The van der Waals surface area contributed by atoms with E-state index in [9.17, 15) is 4.79 Å². The van der Waals surface area contributed by atoms with E-state index in [0.29, 0.717) is 40.1 Å². The zero-order chi connectivity index (χ0) is 21.3. The SMILES string of the molecule is CCCO/N=C(\COc1cccc(C(=O)OC)c1)c1cc(-c2ccc(Cl)cc2)no1. The van der Waals surface area contributed by atoms with Gasteiger partial charge in [-0.3, -0.25) is 0 Å². The topological polar surface area (TPSA) is 83.2 Å². The Kier molecular flexibility index (Phi) is 7.45. The number of hydrogen-bond acceptors (Lipinski definition) is 7. The molecule has 0 amide bonds. The second-order valence-corrected chi connectivity index (χ2v) is 6.70. The van der Waals surface area contributed by atoms with Crippen molar-refractivity contribution in [2.24, 2.45) is 5.16 Å². The van der Waals surface area contributed by atoms with Crippen molar-refractivity contribution in [2.75, 3.05) is 20.3 Å². The second-order valence-electron chi connectivity index (χ2n) is 6.26. The number of esters is 1. The van der Waals surface area contributed by atoms with Gasteiger partial charge < -0.3 is 18.8 Å². The molecule has 8 heteroatoms. The lowest BCUT2D eigenvalue weighted by Crippen LogP contribution is -2.13. The fourth-order valence-corrected chi connectivity index (χ4v) is 2.63. The van der Waals surface area contributed by atoms with Crippen LogP contribution in [0.5, 0.6) is 5.75 Å². The van der Waals surface area contributed by atoms with Crippen LogP contribution in [0, 0.1) is 0 Å². The number of carbonyl (C=O) groups is 1. The lowest BCUT2D eigenvalue weighted by molar-refractivity contribution is 0.0600. The van der Waals surface area contributed by atoms with Crippen LogP contribution in [0.2, 0.25) is 5.02 Å². The maximum atomic E-state index is 11.7. The zero-order valence-electron chi connectivity index (χ0n) is 16.6. The summed E-state index contributed by atoms with van der Waals surface area (Å²) in [5.41, 5.74) is 2.31. The molecule has 0 fully saturated rings. The van der Waals surface area contributed by atoms with E-state index >= 15 is 0 Å². The number of nitrogens with zero attached hydrogens (tertiary/aromatic N) is 2. The van der Waals surface area contributed by atoms with Gasteiger partial charge in [-0.15, -0.1) is 0 Å². The van der Waals surface area contributed by atoms with Gasteiger partial charge in [-0.25, -0.2) is 4.79 Å². The third-order valence-electron chi connectivity index (χ3n) is 4.04. The number of oxime groups is 1. The van der Waals surface area contributed by atoms with Crippen LogP contribution in [0.15, 0.2) is 64.3 Å². The Morgan fingerprint density at radius 3 is 2.70 bits per heavy atom. The van der Waals surface area contributed by atoms with Gasteiger partial charge in [0.05, 0.1) is 12.7 Å². The normalized spacial score (nSPS) is 11.2. The first-order chi connectivity index (χ1) is 14.6. The van der Waals surface area contributed by atoms with Crippen LogP contribution in [-0.2, 0) is 9.57 Å². The van der Waals surface area contributed by atoms with E-state index in [1.807, 2.05) is 19.1 Å². The smallest absolute Gasteiger partial charge is 0.337 e. The molecule has 1 heterocycles. The first-order valence-corrected chi connectivity index (χ1v) is 9.71. The monoisotopic (exact) mass is 428 g/mol. The summed E-state index contributed by atoms with van der Waals surface area (Å²) in [5.74, 6) is 0.460. The number of benzene rings is 2. The summed E-state index contributed by atoms with van der Waals surface area (Å²) >= 11 is 5.94. The van der Waals surface area contributed by atoms with Crippen LogP contribution in [0.25, 0.3) is 11.3 Å². The molecular formula is C22H21ClN2O5. The molecule has 156 valence electrons. The number of halogens is 1. The van der Waals surface area contributed by atoms with E-state index < -0.39 is 5.97 Å². The number of ether oxygens (including phenoxy) is 2. The number of rotatable bonds is 9. The largest absolute Gasteiger partial charge is 0.487 e. The van der Waals surface area contributed by atoms with E-state index in [0.717, 1.165) is 12.0 Å². The van der Waals surface area contributed by atoms with Gasteiger partial charge in [0.25, 0.3) is 0 Å². The van der Waals surface area contributed by atoms with Crippen LogP contribution < -0.4 is 4.74 Å². The molecule has 0 radical (unpaired) electrons. The minimum absolute atomic E-state index is 0.0591. The average Bonchev–Trinajstić information content (AvgIpc) is 3.26. The van der Waals surface area contributed by atoms with Gasteiger partial charge in [0.1, 0.15) is 24.7 Å². The Morgan fingerprint density at radius 2 is 1.97 bits per heavy atom. The van der Waals surface area contributed by atoms with Crippen LogP contribution in [0.3, 0.4) is 0 Å². The Bertz CT molecular complexity index is 1010. The Hall–Kier alpha value is -3.32. The zero-order valence-corrected chi connectivity index (χ0v) is 17.4. The van der Waals surface area contributed by atoms with E-state index in [-0.39, 0.29) is 6.61 Å². The number of carbonyl (C=O) groups excluding carboxylic acids is 1. The number of methoxy groups -OCH3 is 1. The van der Waals surface area contributed by atoms with Gasteiger partial charge in [0, 0.05) is 16.7 Å². The molecule has 0 atom stereocenters. The van der Waals surface area contributed by atoms with Gasteiger partial charge in [-0.1, -0.05) is 47.0 Å². The molecule has 0 saturated carbocycles. The molecule has 3 aromatic rings. The minimum atomic E-state index is -0.441. The van der Waals surface area contributed by atoms with Crippen LogP contribution in [0.1, 0.15) is 29.5 Å². The highest BCUT2D eigenvalue weighted by atomic mass is 35.5. The minimum Gasteiger partial charge on any atom is -0.487 e. The quantitative estimate of drug-likeness (QED) is 0.206. The van der Waals surface area contributed by atoms with Crippen molar-refractivity contribution in [2.45, 2.75) is 13.3 Å². The molecule has 0 aliphatic heterocycles. The molecule has 0 unspecified atom stereocenters. The van der Waals surface area contributed by atoms with Crippen molar-refractivity contribution < 1.29 is 23.6 Å². The summed E-state index contributed by atoms with van der Waals surface area (Å²) in [7, 11) is 1.33. The first-order valence-electron chi connectivity index (χ1n) is 9.33. The van der Waals surface area contributed by atoms with Crippen molar-refractivity contribution >= 4 is 23.3 Å². The number of aromatic nitrogens is 1. The Morgan fingerprint density at radius 1 is 1.17 bits per heavy atom. The third kappa shape index (κ3) is 5.61. The van der Waals surface area contributed by atoms with E-state index in [1.165, 1.54) is 7.11 Å². The van der Waals surface area contributed by atoms with Gasteiger partial charge >= 0.3 is 5.97 Å². The lowest BCUT2D eigenvalue weighted by Gasteiger charge is -2.08. The third-order valence-corrected chi connectivity index (χ3v) is 4.29. The highest BCUT2D eigenvalue weighted by Crippen LogP contribution is 2.22. The Balaban J connectivity index is 1.78. The van der Waals surface area contributed by atoms with Crippen LogP contribution >= 0.6 is 11.6 Å². The maximum absolute atomic E-state index is 11.7. The number of hydrogen-bond donors (Lipinski definition) is 0. The lowest BCUT2D eigenvalue weighted by atomic mass is 10.1. The fraction of sp³-hybridized carbons (Fsp3) is 0.227. The van der Waals surface area contributed by atoms with Gasteiger partial charge in [-0.2, -0.15) is 0 Å². The van der Waals surface area contributed by atoms with E-state index in [4.69, 9.17) is 30.4 Å². The molecule has 0 N–H and O–H groups in total. The molecule has 0 spiro atoms.